The zero-order valence-electron chi connectivity index (χ0n) is 24.2. The van der Waals surface area contributed by atoms with E-state index in [1.807, 2.05) is 36.9 Å². The topological polar surface area (TPSA) is 25.8 Å². The van der Waals surface area contributed by atoms with Crippen LogP contribution < -0.4 is 0 Å². The van der Waals surface area contributed by atoms with E-state index in [1.165, 1.54) is 60.5 Å². The molecule has 7 rings (SSSR count). The Morgan fingerprint density at radius 2 is 0.857 bits per heavy atom. The van der Waals surface area contributed by atoms with E-state index < -0.39 is 0 Å². The van der Waals surface area contributed by atoms with E-state index in [2.05, 4.69) is 134 Å². The molecule has 7 aromatic rings. The maximum atomic E-state index is 4.31. The molecule has 2 heteroatoms. The summed E-state index contributed by atoms with van der Waals surface area (Å²) < 4.78 is 0. The minimum Gasteiger partial charge on any atom is -0.264 e. The fraction of sp³-hybridized carbons (Fsp3) is 0.100. The third kappa shape index (κ3) is 4.65. The smallest absolute Gasteiger partial charge is 0.0346 e. The molecule has 0 unspecified atom stereocenters. The highest BCUT2D eigenvalue weighted by Gasteiger charge is 2.20. The fourth-order valence-corrected chi connectivity index (χ4v) is 5.99. The van der Waals surface area contributed by atoms with Crippen LogP contribution in [0.5, 0.6) is 0 Å². The van der Waals surface area contributed by atoms with E-state index in [4.69, 9.17) is 0 Å². The van der Waals surface area contributed by atoms with Crippen LogP contribution >= 0.6 is 0 Å². The molecular formula is C40H32N2. The summed E-state index contributed by atoms with van der Waals surface area (Å²) in [7, 11) is 0. The number of hydrogen-bond acceptors (Lipinski definition) is 2. The molecule has 202 valence electrons. The average molecular weight is 541 g/mol. The molecule has 0 bridgehead atoms. The highest BCUT2D eigenvalue weighted by Crippen LogP contribution is 2.45. The predicted molar refractivity (Wildman–Crippen MR) is 177 cm³/mol. The summed E-state index contributed by atoms with van der Waals surface area (Å²) in [6.45, 7) is 6.86. The lowest BCUT2D eigenvalue weighted by Gasteiger charge is -2.23. The van der Waals surface area contributed by atoms with Crippen LogP contribution in [0.2, 0.25) is 0 Å². The minimum absolute atomic E-state index is 0.0345. The number of nitrogens with zero attached hydrogens (tertiary/aromatic N) is 2. The SMILES string of the molecule is CC(C)(C)c1ccc2c(-c3ccc(-c4cccnc4)cc3)c3ccccc3c(-c3ccc(-c4cccnc4)cc3)c2c1. The van der Waals surface area contributed by atoms with Crippen molar-refractivity contribution in [2.75, 3.05) is 0 Å². The van der Waals surface area contributed by atoms with Gasteiger partial charge in [-0.05, 0) is 95.2 Å². The minimum atomic E-state index is 0.0345. The van der Waals surface area contributed by atoms with Gasteiger partial charge in [-0.25, -0.2) is 0 Å². The van der Waals surface area contributed by atoms with Gasteiger partial charge in [0, 0.05) is 24.8 Å². The third-order valence-electron chi connectivity index (χ3n) is 8.23. The molecule has 42 heavy (non-hydrogen) atoms. The molecule has 5 aromatic carbocycles. The van der Waals surface area contributed by atoms with Crippen LogP contribution in [-0.2, 0) is 5.41 Å². The normalized spacial score (nSPS) is 11.7. The molecule has 0 aliphatic heterocycles. The van der Waals surface area contributed by atoms with Crippen LogP contribution in [0.15, 0.2) is 140 Å². The van der Waals surface area contributed by atoms with Crippen molar-refractivity contribution in [3.8, 4) is 44.5 Å². The second kappa shape index (κ2) is 10.4. The first-order chi connectivity index (χ1) is 20.5. The van der Waals surface area contributed by atoms with Gasteiger partial charge in [-0.1, -0.05) is 118 Å². The second-order valence-electron chi connectivity index (χ2n) is 11.9. The summed E-state index contributed by atoms with van der Waals surface area (Å²) in [5.41, 5.74) is 10.9. The summed E-state index contributed by atoms with van der Waals surface area (Å²) in [5, 5.41) is 5.06. The fourth-order valence-electron chi connectivity index (χ4n) is 5.99. The Labute approximate surface area is 247 Å². The first-order valence-corrected chi connectivity index (χ1v) is 14.5. The molecule has 0 saturated carbocycles. The van der Waals surface area contributed by atoms with Crippen LogP contribution in [0, 0.1) is 0 Å². The van der Waals surface area contributed by atoms with Gasteiger partial charge in [-0.3, -0.25) is 9.97 Å². The summed E-state index contributed by atoms with van der Waals surface area (Å²) >= 11 is 0. The Morgan fingerprint density at radius 1 is 0.405 bits per heavy atom. The van der Waals surface area contributed by atoms with Crippen molar-refractivity contribution in [1.29, 1.82) is 0 Å². The molecule has 2 aromatic heterocycles. The number of aromatic nitrogens is 2. The van der Waals surface area contributed by atoms with Gasteiger partial charge in [0.1, 0.15) is 0 Å². The Hall–Kier alpha value is -5.08. The lowest BCUT2D eigenvalue weighted by atomic mass is 9.81. The molecule has 0 N–H and O–H groups in total. The number of pyridine rings is 2. The van der Waals surface area contributed by atoms with Crippen molar-refractivity contribution in [2.24, 2.45) is 0 Å². The number of rotatable bonds is 4. The van der Waals surface area contributed by atoms with E-state index in [9.17, 15) is 0 Å². The van der Waals surface area contributed by atoms with E-state index in [-0.39, 0.29) is 5.41 Å². The molecule has 0 aliphatic rings. The molecule has 0 radical (unpaired) electrons. The van der Waals surface area contributed by atoms with Gasteiger partial charge in [0.25, 0.3) is 0 Å². The second-order valence-corrected chi connectivity index (χ2v) is 11.9. The van der Waals surface area contributed by atoms with Crippen molar-refractivity contribution < 1.29 is 0 Å². The Morgan fingerprint density at radius 3 is 1.31 bits per heavy atom. The lowest BCUT2D eigenvalue weighted by Crippen LogP contribution is -2.10. The van der Waals surface area contributed by atoms with E-state index in [0.717, 1.165) is 11.1 Å². The van der Waals surface area contributed by atoms with E-state index in [0.29, 0.717) is 0 Å². The molecule has 0 amide bonds. The molecular weight excluding hydrogens is 508 g/mol. The van der Waals surface area contributed by atoms with Crippen LogP contribution in [-0.4, -0.2) is 9.97 Å². The average Bonchev–Trinajstić information content (AvgIpc) is 3.04. The number of benzene rings is 5. The molecule has 0 aliphatic carbocycles. The van der Waals surface area contributed by atoms with Crippen LogP contribution in [0.3, 0.4) is 0 Å². The first-order valence-electron chi connectivity index (χ1n) is 14.5. The third-order valence-corrected chi connectivity index (χ3v) is 8.23. The quantitative estimate of drug-likeness (QED) is 0.208. The molecule has 2 heterocycles. The van der Waals surface area contributed by atoms with Crippen molar-refractivity contribution >= 4 is 21.5 Å². The Balaban J connectivity index is 1.48. The Bertz CT molecular complexity index is 2020. The van der Waals surface area contributed by atoms with Gasteiger partial charge >= 0.3 is 0 Å². The van der Waals surface area contributed by atoms with Gasteiger partial charge < -0.3 is 0 Å². The molecule has 0 saturated heterocycles. The summed E-state index contributed by atoms with van der Waals surface area (Å²) in [6, 6.07) is 42.0. The van der Waals surface area contributed by atoms with Crippen LogP contribution in [0.1, 0.15) is 26.3 Å². The molecule has 0 atom stereocenters. The Kier molecular flexibility index (Phi) is 6.40. The van der Waals surface area contributed by atoms with Crippen molar-refractivity contribution in [1.82, 2.24) is 9.97 Å². The van der Waals surface area contributed by atoms with Crippen molar-refractivity contribution in [3.05, 3.63) is 146 Å². The van der Waals surface area contributed by atoms with Crippen LogP contribution in [0.25, 0.3) is 66.1 Å². The molecule has 0 fully saturated rings. The van der Waals surface area contributed by atoms with Crippen LogP contribution in [0.4, 0.5) is 0 Å². The van der Waals surface area contributed by atoms with Gasteiger partial charge in [-0.2, -0.15) is 0 Å². The summed E-state index contributed by atoms with van der Waals surface area (Å²) in [4.78, 5) is 8.62. The molecule has 2 nitrogen and oxygen atoms in total. The summed E-state index contributed by atoms with van der Waals surface area (Å²) in [6.07, 6.45) is 7.47. The number of fused-ring (bicyclic) bond motifs is 2. The van der Waals surface area contributed by atoms with Gasteiger partial charge in [0.15, 0.2) is 0 Å². The maximum Gasteiger partial charge on any atom is 0.0346 e. The molecule has 0 spiro atoms. The first kappa shape index (κ1) is 25.9. The van der Waals surface area contributed by atoms with Gasteiger partial charge in [-0.15, -0.1) is 0 Å². The lowest BCUT2D eigenvalue weighted by molar-refractivity contribution is 0.591. The highest BCUT2D eigenvalue weighted by atomic mass is 14.6. The predicted octanol–water partition coefficient (Wildman–Crippen LogP) is 10.7. The monoisotopic (exact) mass is 540 g/mol. The maximum absolute atomic E-state index is 4.31. The zero-order valence-corrected chi connectivity index (χ0v) is 24.2. The van der Waals surface area contributed by atoms with Gasteiger partial charge in [0.05, 0.1) is 0 Å². The standard InChI is InChI=1S/C40H32N2/c1-40(2,3)33-20-21-36-37(24-33)39(30-18-14-28(15-19-30)32-9-7-23-42-26-32)35-11-5-4-10-34(35)38(36)29-16-12-27(13-17-29)31-8-6-22-41-25-31/h4-26H,1-3H3. The van der Waals surface area contributed by atoms with E-state index >= 15 is 0 Å². The van der Waals surface area contributed by atoms with E-state index in [1.54, 1.807) is 0 Å². The highest BCUT2D eigenvalue weighted by molar-refractivity contribution is 6.21. The van der Waals surface area contributed by atoms with Crippen molar-refractivity contribution in [2.45, 2.75) is 26.2 Å². The number of hydrogen-bond donors (Lipinski definition) is 0. The largest absolute Gasteiger partial charge is 0.264 e. The van der Waals surface area contributed by atoms with Crippen molar-refractivity contribution in [3.63, 3.8) is 0 Å². The summed E-state index contributed by atoms with van der Waals surface area (Å²) in [5.74, 6) is 0. The van der Waals surface area contributed by atoms with Gasteiger partial charge in [0.2, 0.25) is 0 Å². The zero-order chi connectivity index (χ0) is 28.7.